The van der Waals surface area contributed by atoms with Crippen molar-refractivity contribution in [2.45, 2.75) is 13.0 Å². The highest BCUT2D eigenvalue weighted by Gasteiger charge is 2.36. The number of sulfonamides is 1. The number of aromatic nitrogens is 4. The molecule has 1 saturated heterocycles. The van der Waals surface area contributed by atoms with E-state index < -0.39 is 16.1 Å². The molecule has 3 heterocycles. The second-order valence-electron chi connectivity index (χ2n) is 6.39. The van der Waals surface area contributed by atoms with Gasteiger partial charge in [-0.25, -0.2) is 22.7 Å². The molecule has 24 heavy (non-hydrogen) atoms. The van der Waals surface area contributed by atoms with Crippen LogP contribution < -0.4 is 4.90 Å². The molecule has 2 aromatic heterocycles. The van der Waals surface area contributed by atoms with Crippen LogP contribution in [0.1, 0.15) is 5.82 Å². The highest BCUT2D eigenvalue weighted by molar-refractivity contribution is 7.89. The van der Waals surface area contributed by atoms with E-state index in [2.05, 4.69) is 15.1 Å². The molecule has 0 unspecified atom stereocenters. The van der Waals surface area contributed by atoms with Gasteiger partial charge >= 0.3 is 0 Å². The van der Waals surface area contributed by atoms with Gasteiger partial charge in [0, 0.05) is 40.2 Å². The van der Waals surface area contributed by atoms with Gasteiger partial charge in [-0.1, -0.05) is 0 Å². The Labute approximate surface area is 141 Å². The summed E-state index contributed by atoms with van der Waals surface area (Å²) in [7, 11) is 1.44. The van der Waals surface area contributed by atoms with Crippen molar-refractivity contribution in [3.63, 3.8) is 0 Å². The average Bonchev–Trinajstić information content (AvgIpc) is 3.02. The number of hydrogen-bond acceptors (Lipinski definition) is 7. The zero-order valence-electron chi connectivity index (χ0n) is 14.2. The summed E-state index contributed by atoms with van der Waals surface area (Å²) in [5.74, 6) is 0.853. The smallest absolute Gasteiger partial charge is 0.214 e. The van der Waals surface area contributed by atoms with E-state index in [0.29, 0.717) is 24.7 Å². The first kappa shape index (κ1) is 17.1. The first-order chi connectivity index (χ1) is 11.2. The van der Waals surface area contributed by atoms with Gasteiger partial charge in [-0.15, -0.1) is 0 Å². The van der Waals surface area contributed by atoms with Gasteiger partial charge in [0.1, 0.15) is 11.6 Å². The highest BCUT2D eigenvalue weighted by Crippen LogP contribution is 2.29. The minimum absolute atomic E-state index is 0.0854. The molecule has 2 aromatic rings. The Morgan fingerprint density at radius 3 is 2.71 bits per heavy atom. The normalized spacial score (nSPS) is 22.0. The van der Waals surface area contributed by atoms with E-state index in [1.807, 2.05) is 11.9 Å². The predicted molar refractivity (Wildman–Crippen MR) is 90.2 cm³/mol. The zero-order valence-corrected chi connectivity index (χ0v) is 15.0. The molecule has 0 radical (unpaired) electrons. The SMILES string of the molecule is Cc1nc(N2C[C@@H](CS(=O)(=O)N(C)C)[C@H](O)C2)c2cnn(C)c2n1. The maximum atomic E-state index is 12.1. The summed E-state index contributed by atoms with van der Waals surface area (Å²) >= 11 is 0. The molecule has 1 N–H and O–H groups in total. The zero-order chi connectivity index (χ0) is 17.6. The van der Waals surface area contributed by atoms with Crippen molar-refractivity contribution in [3.8, 4) is 0 Å². The van der Waals surface area contributed by atoms with Crippen LogP contribution in [-0.4, -0.2) is 76.6 Å². The second-order valence-corrected chi connectivity index (χ2v) is 8.62. The van der Waals surface area contributed by atoms with Crippen molar-refractivity contribution >= 4 is 26.9 Å². The van der Waals surface area contributed by atoms with E-state index in [4.69, 9.17) is 0 Å². The van der Waals surface area contributed by atoms with E-state index in [1.54, 1.807) is 17.8 Å². The van der Waals surface area contributed by atoms with Crippen LogP contribution in [0.25, 0.3) is 11.0 Å². The molecule has 0 amide bonds. The molecule has 0 aliphatic carbocycles. The lowest BCUT2D eigenvalue weighted by Gasteiger charge is -2.19. The van der Waals surface area contributed by atoms with E-state index in [-0.39, 0.29) is 11.7 Å². The lowest BCUT2D eigenvalue weighted by molar-refractivity contribution is 0.157. The number of aryl methyl sites for hydroxylation is 2. The average molecular weight is 354 g/mol. The Kier molecular flexibility index (Phi) is 4.22. The van der Waals surface area contributed by atoms with Crippen molar-refractivity contribution in [1.82, 2.24) is 24.1 Å². The van der Waals surface area contributed by atoms with Crippen LogP contribution in [0.4, 0.5) is 5.82 Å². The number of β-amino-alcohol motifs (C(OH)–C–C–N with tert-alkyl or cyclic N) is 1. The number of anilines is 1. The lowest BCUT2D eigenvalue weighted by Crippen LogP contribution is -2.33. The Balaban J connectivity index is 1.90. The Hall–Kier alpha value is -1.78. The first-order valence-corrected chi connectivity index (χ1v) is 9.29. The summed E-state index contributed by atoms with van der Waals surface area (Å²) in [4.78, 5) is 10.8. The molecule has 0 spiro atoms. The van der Waals surface area contributed by atoms with Gasteiger partial charge in [-0.3, -0.25) is 4.68 Å². The van der Waals surface area contributed by atoms with Gasteiger partial charge in [-0.05, 0) is 6.92 Å². The topological polar surface area (TPSA) is 104 Å². The fourth-order valence-electron chi connectivity index (χ4n) is 2.96. The quantitative estimate of drug-likeness (QED) is 0.779. The van der Waals surface area contributed by atoms with Crippen molar-refractivity contribution in [3.05, 3.63) is 12.0 Å². The van der Waals surface area contributed by atoms with Crippen LogP contribution >= 0.6 is 0 Å². The van der Waals surface area contributed by atoms with Crippen molar-refractivity contribution in [2.24, 2.45) is 13.0 Å². The third-order valence-electron chi connectivity index (χ3n) is 4.37. The molecule has 0 bridgehead atoms. The molecule has 2 atom stereocenters. The molecule has 1 aliphatic heterocycles. The van der Waals surface area contributed by atoms with E-state index in [0.717, 1.165) is 11.0 Å². The number of hydrogen-bond donors (Lipinski definition) is 1. The van der Waals surface area contributed by atoms with Crippen LogP contribution in [0.2, 0.25) is 0 Å². The van der Waals surface area contributed by atoms with Gasteiger partial charge in [0.05, 0.1) is 23.4 Å². The maximum absolute atomic E-state index is 12.1. The fourth-order valence-corrected chi connectivity index (χ4v) is 4.13. The Morgan fingerprint density at radius 1 is 1.33 bits per heavy atom. The van der Waals surface area contributed by atoms with Crippen molar-refractivity contribution in [1.29, 1.82) is 0 Å². The summed E-state index contributed by atoms with van der Waals surface area (Å²) in [5.41, 5.74) is 0.719. The lowest BCUT2D eigenvalue weighted by atomic mass is 10.1. The standard InChI is InChI=1S/C14H22N6O3S/c1-9-16-13-11(5-15-19(13)4)14(17-9)20-6-10(12(21)7-20)8-24(22,23)18(2)3/h5,10,12,21H,6-8H2,1-4H3/t10-,12+/m0/s1. The van der Waals surface area contributed by atoms with Crippen molar-refractivity contribution in [2.75, 3.05) is 37.8 Å². The summed E-state index contributed by atoms with van der Waals surface area (Å²) in [6.45, 7) is 2.57. The molecular formula is C14H22N6O3S. The second kappa shape index (κ2) is 5.94. The van der Waals surface area contributed by atoms with Crippen LogP contribution in [-0.2, 0) is 17.1 Å². The first-order valence-electron chi connectivity index (χ1n) is 7.68. The number of aliphatic hydroxyl groups excluding tert-OH is 1. The molecule has 1 fully saturated rings. The summed E-state index contributed by atoms with van der Waals surface area (Å²) in [6, 6.07) is 0. The Morgan fingerprint density at radius 2 is 2.04 bits per heavy atom. The van der Waals surface area contributed by atoms with Crippen molar-refractivity contribution < 1.29 is 13.5 Å². The van der Waals surface area contributed by atoms with Gasteiger partial charge in [-0.2, -0.15) is 5.10 Å². The molecular weight excluding hydrogens is 332 g/mol. The van der Waals surface area contributed by atoms with E-state index in [1.165, 1.54) is 18.4 Å². The Bertz CT molecular complexity index is 863. The molecule has 0 saturated carbocycles. The third-order valence-corrected chi connectivity index (χ3v) is 6.33. The van der Waals surface area contributed by atoms with Crippen LogP contribution in [0.5, 0.6) is 0 Å². The maximum Gasteiger partial charge on any atom is 0.214 e. The number of rotatable bonds is 4. The minimum Gasteiger partial charge on any atom is -0.391 e. The minimum atomic E-state index is -3.37. The molecule has 1 aliphatic rings. The monoisotopic (exact) mass is 354 g/mol. The van der Waals surface area contributed by atoms with E-state index in [9.17, 15) is 13.5 Å². The predicted octanol–water partition coefficient (Wildman–Crippen LogP) is -0.640. The third kappa shape index (κ3) is 2.96. The summed E-state index contributed by atoms with van der Waals surface area (Å²) < 4.78 is 27.1. The van der Waals surface area contributed by atoms with Crippen LogP contribution in [0.15, 0.2) is 6.20 Å². The van der Waals surface area contributed by atoms with Gasteiger partial charge < -0.3 is 10.0 Å². The number of nitrogens with zero attached hydrogens (tertiary/aromatic N) is 6. The van der Waals surface area contributed by atoms with Crippen LogP contribution in [0.3, 0.4) is 0 Å². The fraction of sp³-hybridized carbons (Fsp3) is 0.643. The van der Waals surface area contributed by atoms with Gasteiger partial charge in [0.2, 0.25) is 10.0 Å². The molecule has 9 nitrogen and oxygen atoms in total. The number of fused-ring (bicyclic) bond motifs is 1. The number of aliphatic hydroxyl groups is 1. The van der Waals surface area contributed by atoms with Crippen LogP contribution in [0, 0.1) is 12.8 Å². The van der Waals surface area contributed by atoms with E-state index >= 15 is 0 Å². The largest absolute Gasteiger partial charge is 0.391 e. The molecule has 0 aromatic carbocycles. The molecule has 3 rings (SSSR count). The van der Waals surface area contributed by atoms with Gasteiger partial charge in [0.15, 0.2) is 5.65 Å². The molecule has 132 valence electrons. The summed E-state index contributed by atoms with van der Waals surface area (Å²) in [6.07, 6.45) is 0.974. The summed E-state index contributed by atoms with van der Waals surface area (Å²) in [5, 5.41) is 15.3. The van der Waals surface area contributed by atoms with Gasteiger partial charge in [0.25, 0.3) is 0 Å². The molecule has 10 heteroatoms. The highest BCUT2D eigenvalue weighted by atomic mass is 32.2.